The van der Waals surface area contributed by atoms with Crippen LogP contribution in [0.25, 0.3) is 0 Å². The van der Waals surface area contributed by atoms with Crippen LogP contribution in [-0.4, -0.2) is 23.2 Å². The molecule has 3 rings (SSSR count). The lowest BCUT2D eigenvalue weighted by Crippen LogP contribution is -2.38. The van der Waals surface area contributed by atoms with Crippen LogP contribution in [0.15, 0.2) is 42.6 Å². The van der Waals surface area contributed by atoms with Gasteiger partial charge in [-0.2, -0.15) is 0 Å². The molecule has 2 aromatic rings. The molecule has 0 unspecified atom stereocenters. The fourth-order valence-electron chi connectivity index (χ4n) is 2.93. The third-order valence-corrected chi connectivity index (χ3v) is 4.44. The van der Waals surface area contributed by atoms with E-state index in [9.17, 15) is 0 Å². The number of thiocarbonyl (C=S) groups is 1. The standard InChI is InChI=1S/C19H23N3O2S/c1-23-16-9-5-6-10-17(16)24-18-12-11-15(13-20-18)22-19(25)21-14-7-3-2-4-8-14/h5-6,9-14H,2-4,7-8H2,1H3,(H2,21,22,25). The van der Waals surface area contributed by atoms with Gasteiger partial charge in [0.15, 0.2) is 16.6 Å². The molecule has 0 amide bonds. The molecule has 6 heteroatoms. The van der Waals surface area contributed by atoms with Crippen LogP contribution < -0.4 is 20.1 Å². The maximum Gasteiger partial charge on any atom is 0.219 e. The van der Waals surface area contributed by atoms with Crippen LogP contribution in [-0.2, 0) is 0 Å². The number of nitrogens with one attached hydrogen (secondary N) is 2. The number of aromatic nitrogens is 1. The zero-order valence-electron chi connectivity index (χ0n) is 14.3. The second-order valence-corrected chi connectivity index (χ2v) is 6.48. The molecular formula is C19H23N3O2S. The van der Waals surface area contributed by atoms with Gasteiger partial charge in [-0.1, -0.05) is 31.4 Å². The van der Waals surface area contributed by atoms with Crippen molar-refractivity contribution >= 4 is 23.0 Å². The van der Waals surface area contributed by atoms with Gasteiger partial charge >= 0.3 is 0 Å². The lowest BCUT2D eigenvalue weighted by Gasteiger charge is -2.24. The van der Waals surface area contributed by atoms with Crippen molar-refractivity contribution in [1.82, 2.24) is 10.3 Å². The number of ether oxygens (including phenoxy) is 2. The van der Waals surface area contributed by atoms with E-state index in [2.05, 4.69) is 15.6 Å². The molecule has 0 bridgehead atoms. The first-order chi connectivity index (χ1) is 12.2. The van der Waals surface area contributed by atoms with Crippen molar-refractivity contribution in [3.8, 4) is 17.4 Å². The summed E-state index contributed by atoms with van der Waals surface area (Å²) in [7, 11) is 1.61. The number of anilines is 1. The molecule has 0 radical (unpaired) electrons. The Morgan fingerprint density at radius 3 is 2.52 bits per heavy atom. The molecular weight excluding hydrogens is 334 g/mol. The summed E-state index contributed by atoms with van der Waals surface area (Å²) < 4.78 is 11.0. The maximum absolute atomic E-state index is 5.77. The van der Waals surface area contributed by atoms with E-state index in [0.29, 0.717) is 28.5 Å². The molecule has 5 nitrogen and oxygen atoms in total. The average Bonchev–Trinajstić information content (AvgIpc) is 2.64. The predicted molar refractivity (Wildman–Crippen MR) is 104 cm³/mol. The Kier molecular flexibility index (Phi) is 6.06. The molecule has 25 heavy (non-hydrogen) atoms. The smallest absolute Gasteiger partial charge is 0.219 e. The van der Waals surface area contributed by atoms with E-state index in [1.54, 1.807) is 19.4 Å². The zero-order valence-corrected chi connectivity index (χ0v) is 15.1. The maximum atomic E-state index is 5.77. The van der Waals surface area contributed by atoms with Crippen molar-refractivity contribution in [3.05, 3.63) is 42.6 Å². The van der Waals surface area contributed by atoms with Crippen LogP contribution in [0.2, 0.25) is 0 Å². The summed E-state index contributed by atoms with van der Waals surface area (Å²) in [6.07, 6.45) is 7.96. The van der Waals surface area contributed by atoms with Crippen LogP contribution in [0.1, 0.15) is 32.1 Å². The molecule has 0 saturated heterocycles. The first-order valence-electron chi connectivity index (χ1n) is 8.59. The molecule has 0 aliphatic heterocycles. The van der Waals surface area contributed by atoms with Gasteiger partial charge < -0.3 is 20.1 Å². The van der Waals surface area contributed by atoms with Gasteiger partial charge in [-0.05, 0) is 43.3 Å². The number of hydrogen-bond donors (Lipinski definition) is 2. The highest BCUT2D eigenvalue weighted by atomic mass is 32.1. The second-order valence-electron chi connectivity index (χ2n) is 6.07. The van der Waals surface area contributed by atoms with Crippen molar-refractivity contribution in [2.24, 2.45) is 0 Å². The highest BCUT2D eigenvalue weighted by Crippen LogP contribution is 2.30. The molecule has 0 spiro atoms. The molecule has 1 aliphatic rings. The third-order valence-electron chi connectivity index (χ3n) is 4.22. The Balaban J connectivity index is 1.55. The molecule has 1 aromatic heterocycles. The lowest BCUT2D eigenvalue weighted by molar-refractivity contribution is 0.374. The highest BCUT2D eigenvalue weighted by Gasteiger charge is 2.14. The number of pyridine rings is 1. The number of methoxy groups -OCH3 is 1. The highest BCUT2D eigenvalue weighted by molar-refractivity contribution is 7.80. The van der Waals surface area contributed by atoms with Gasteiger partial charge in [0.2, 0.25) is 5.88 Å². The fraction of sp³-hybridized carbons (Fsp3) is 0.368. The summed E-state index contributed by atoms with van der Waals surface area (Å²) >= 11 is 5.39. The minimum atomic E-state index is 0.481. The van der Waals surface area contributed by atoms with E-state index in [4.69, 9.17) is 21.7 Å². The Morgan fingerprint density at radius 2 is 1.84 bits per heavy atom. The van der Waals surface area contributed by atoms with Gasteiger partial charge in [-0.3, -0.25) is 0 Å². The van der Waals surface area contributed by atoms with Gasteiger partial charge in [0.1, 0.15) is 0 Å². The lowest BCUT2D eigenvalue weighted by atomic mass is 9.96. The van der Waals surface area contributed by atoms with Gasteiger partial charge in [0, 0.05) is 12.1 Å². The number of hydrogen-bond acceptors (Lipinski definition) is 4. The molecule has 1 fully saturated rings. The van der Waals surface area contributed by atoms with Gasteiger partial charge in [-0.15, -0.1) is 0 Å². The summed E-state index contributed by atoms with van der Waals surface area (Å²) in [5.41, 5.74) is 0.834. The molecule has 2 N–H and O–H groups in total. The van der Waals surface area contributed by atoms with Crippen molar-refractivity contribution in [1.29, 1.82) is 0 Å². The fourth-order valence-corrected chi connectivity index (χ4v) is 3.21. The van der Waals surface area contributed by atoms with Crippen LogP contribution in [0.3, 0.4) is 0 Å². The van der Waals surface area contributed by atoms with E-state index < -0.39 is 0 Å². The van der Waals surface area contributed by atoms with E-state index in [1.165, 1.54) is 32.1 Å². The van der Waals surface area contributed by atoms with Gasteiger partial charge in [0.05, 0.1) is 19.0 Å². The van der Waals surface area contributed by atoms with Crippen molar-refractivity contribution < 1.29 is 9.47 Å². The summed E-state index contributed by atoms with van der Waals surface area (Å²) in [5.74, 6) is 1.80. The van der Waals surface area contributed by atoms with Gasteiger partial charge in [-0.25, -0.2) is 4.98 Å². The Labute approximate surface area is 153 Å². The van der Waals surface area contributed by atoms with Crippen molar-refractivity contribution in [2.45, 2.75) is 38.1 Å². The molecule has 0 atom stereocenters. The average molecular weight is 357 g/mol. The third kappa shape index (κ3) is 5.06. The van der Waals surface area contributed by atoms with E-state index >= 15 is 0 Å². The molecule has 1 aliphatic carbocycles. The quantitative estimate of drug-likeness (QED) is 0.769. The number of para-hydroxylation sites is 2. The molecule has 1 saturated carbocycles. The summed E-state index contributed by atoms with van der Waals surface area (Å²) in [5, 5.41) is 7.21. The van der Waals surface area contributed by atoms with E-state index in [0.717, 1.165) is 5.69 Å². The van der Waals surface area contributed by atoms with Crippen molar-refractivity contribution in [2.75, 3.05) is 12.4 Å². The monoisotopic (exact) mass is 357 g/mol. The van der Waals surface area contributed by atoms with E-state index in [-0.39, 0.29) is 0 Å². The van der Waals surface area contributed by atoms with Crippen LogP contribution in [0.5, 0.6) is 17.4 Å². The second kappa shape index (κ2) is 8.67. The van der Waals surface area contributed by atoms with Crippen LogP contribution >= 0.6 is 12.2 Å². The number of nitrogens with zero attached hydrogens (tertiary/aromatic N) is 1. The van der Waals surface area contributed by atoms with Crippen LogP contribution in [0, 0.1) is 0 Å². The predicted octanol–water partition coefficient (Wildman–Crippen LogP) is 4.50. The summed E-state index contributed by atoms with van der Waals surface area (Å²) in [6, 6.07) is 11.7. The zero-order chi connectivity index (χ0) is 17.5. The SMILES string of the molecule is COc1ccccc1Oc1ccc(NC(=S)NC2CCCCC2)cn1. The molecule has 1 heterocycles. The first-order valence-corrected chi connectivity index (χ1v) is 9.00. The largest absolute Gasteiger partial charge is 0.493 e. The summed E-state index contributed by atoms with van der Waals surface area (Å²) in [4.78, 5) is 4.32. The topological polar surface area (TPSA) is 55.4 Å². The minimum Gasteiger partial charge on any atom is -0.493 e. The Hall–Kier alpha value is -2.34. The number of rotatable bonds is 5. The minimum absolute atomic E-state index is 0.481. The summed E-state index contributed by atoms with van der Waals surface area (Å²) in [6.45, 7) is 0. The first kappa shape index (κ1) is 17.5. The Morgan fingerprint density at radius 1 is 1.08 bits per heavy atom. The number of benzene rings is 1. The van der Waals surface area contributed by atoms with Crippen LogP contribution in [0.4, 0.5) is 5.69 Å². The Bertz CT molecular complexity index is 700. The van der Waals surface area contributed by atoms with Crippen molar-refractivity contribution in [3.63, 3.8) is 0 Å². The molecule has 1 aromatic carbocycles. The molecule has 132 valence electrons. The normalized spacial score (nSPS) is 14.6. The van der Waals surface area contributed by atoms with Gasteiger partial charge in [0.25, 0.3) is 0 Å². The van der Waals surface area contributed by atoms with E-state index in [1.807, 2.05) is 30.3 Å².